The minimum atomic E-state index is -0.367. The molecule has 0 aliphatic carbocycles. The summed E-state index contributed by atoms with van der Waals surface area (Å²) in [5.74, 6) is 0.766. The molecule has 0 saturated heterocycles. The molecule has 0 radical (unpaired) electrons. The van der Waals surface area contributed by atoms with Gasteiger partial charge in [-0.25, -0.2) is 0 Å². The predicted molar refractivity (Wildman–Crippen MR) is 64.7 cm³/mol. The zero-order valence-corrected chi connectivity index (χ0v) is 10.9. The Morgan fingerprint density at radius 2 is 1.61 bits per heavy atom. The first kappa shape index (κ1) is 14.2. The van der Waals surface area contributed by atoms with Crippen LogP contribution in [0.5, 0.6) is 11.8 Å². The summed E-state index contributed by atoms with van der Waals surface area (Å²) < 4.78 is 15.4. The standard InChI is InChI=1S/C12H18N2O4/c1-4-16-10-8-11(17-5-2)14-9(13-10)7-12(15)18-6-3/h8H,4-7H2,1-3H3. The molecule has 1 rings (SSSR count). The van der Waals surface area contributed by atoms with E-state index >= 15 is 0 Å². The fourth-order valence-electron chi connectivity index (χ4n) is 1.31. The average Bonchev–Trinajstić information content (AvgIpc) is 2.29. The number of ether oxygens (including phenoxy) is 3. The van der Waals surface area contributed by atoms with Crippen LogP contribution in [0.1, 0.15) is 26.6 Å². The van der Waals surface area contributed by atoms with Crippen molar-refractivity contribution in [2.75, 3.05) is 19.8 Å². The molecule has 0 aromatic carbocycles. The van der Waals surface area contributed by atoms with Gasteiger partial charge in [0.15, 0.2) is 0 Å². The van der Waals surface area contributed by atoms with E-state index in [1.807, 2.05) is 13.8 Å². The van der Waals surface area contributed by atoms with Crippen LogP contribution in [0.2, 0.25) is 0 Å². The van der Waals surface area contributed by atoms with Crippen LogP contribution in [-0.2, 0) is 16.0 Å². The number of hydrogen-bond donors (Lipinski definition) is 0. The summed E-state index contributed by atoms with van der Waals surface area (Å²) in [5, 5.41) is 0. The lowest BCUT2D eigenvalue weighted by Gasteiger charge is -2.08. The Morgan fingerprint density at radius 1 is 1.06 bits per heavy atom. The normalized spacial score (nSPS) is 9.94. The van der Waals surface area contributed by atoms with Crippen molar-refractivity contribution in [2.24, 2.45) is 0 Å². The largest absolute Gasteiger partial charge is 0.478 e. The molecule has 0 saturated carbocycles. The molecule has 6 heteroatoms. The number of esters is 1. The average molecular weight is 254 g/mol. The molecule has 0 unspecified atom stereocenters. The molecule has 18 heavy (non-hydrogen) atoms. The van der Waals surface area contributed by atoms with Crippen LogP contribution in [0.15, 0.2) is 6.07 Å². The second-order valence-corrected chi connectivity index (χ2v) is 3.31. The maximum atomic E-state index is 11.4. The third-order valence-electron chi connectivity index (χ3n) is 1.92. The van der Waals surface area contributed by atoms with Gasteiger partial charge in [0.05, 0.1) is 25.9 Å². The maximum absolute atomic E-state index is 11.4. The Bertz CT molecular complexity index is 371. The molecule has 0 aliphatic heterocycles. The van der Waals surface area contributed by atoms with Gasteiger partial charge in [-0.05, 0) is 20.8 Å². The van der Waals surface area contributed by atoms with E-state index in [0.717, 1.165) is 0 Å². The van der Waals surface area contributed by atoms with E-state index in [0.29, 0.717) is 37.4 Å². The summed E-state index contributed by atoms with van der Waals surface area (Å²) in [6.45, 7) is 6.77. The first-order valence-electron chi connectivity index (χ1n) is 5.98. The highest BCUT2D eigenvalue weighted by Gasteiger charge is 2.11. The molecular formula is C12H18N2O4. The van der Waals surface area contributed by atoms with Gasteiger partial charge >= 0.3 is 5.97 Å². The summed E-state index contributed by atoms with van der Waals surface area (Å²) in [7, 11) is 0. The van der Waals surface area contributed by atoms with Gasteiger partial charge in [-0.1, -0.05) is 0 Å². The van der Waals surface area contributed by atoms with Crippen LogP contribution < -0.4 is 9.47 Å². The smallest absolute Gasteiger partial charge is 0.313 e. The van der Waals surface area contributed by atoms with Crippen LogP contribution in [0.25, 0.3) is 0 Å². The molecule has 0 atom stereocenters. The fourth-order valence-corrected chi connectivity index (χ4v) is 1.31. The molecule has 1 heterocycles. The summed E-state index contributed by atoms with van der Waals surface area (Å²) in [5.41, 5.74) is 0. The first-order chi connectivity index (χ1) is 8.69. The lowest BCUT2D eigenvalue weighted by molar-refractivity contribution is -0.142. The Labute approximate surface area is 106 Å². The zero-order chi connectivity index (χ0) is 13.4. The second kappa shape index (κ2) is 7.47. The fraction of sp³-hybridized carbons (Fsp3) is 0.583. The Balaban J connectivity index is 2.84. The molecular weight excluding hydrogens is 236 g/mol. The Kier molecular flexibility index (Phi) is 5.90. The van der Waals surface area contributed by atoms with Crippen molar-refractivity contribution in [2.45, 2.75) is 27.2 Å². The molecule has 1 aromatic heterocycles. The van der Waals surface area contributed by atoms with E-state index in [1.165, 1.54) is 0 Å². The Hall–Kier alpha value is -1.85. The third kappa shape index (κ3) is 4.57. The van der Waals surface area contributed by atoms with Crippen LogP contribution in [0.3, 0.4) is 0 Å². The maximum Gasteiger partial charge on any atom is 0.313 e. The van der Waals surface area contributed by atoms with E-state index < -0.39 is 0 Å². The van der Waals surface area contributed by atoms with E-state index in [1.54, 1.807) is 13.0 Å². The number of nitrogens with zero attached hydrogens (tertiary/aromatic N) is 2. The molecule has 0 fully saturated rings. The third-order valence-corrected chi connectivity index (χ3v) is 1.92. The molecule has 1 aromatic rings. The van der Waals surface area contributed by atoms with Gasteiger partial charge in [0.2, 0.25) is 11.8 Å². The minimum Gasteiger partial charge on any atom is -0.478 e. The van der Waals surface area contributed by atoms with Crippen molar-refractivity contribution in [3.05, 3.63) is 11.9 Å². The highest BCUT2D eigenvalue weighted by atomic mass is 16.5. The van der Waals surface area contributed by atoms with Crippen molar-refractivity contribution in [3.63, 3.8) is 0 Å². The zero-order valence-electron chi connectivity index (χ0n) is 10.9. The van der Waals surface area contributed by atoms with E-state index in [-0.39, 0.29) is 12.4 Å². The summed E-state index contributed by atoms with van der Waals surface area (Å²) in [6.07, 6.45) is 0.00876. The number of carbonyl (C=O) groups excluding carboxylic acids is 1. The minimum absolute atomic E-state index is 0.00876. The van der Waals surface area contributed by atoms with Gasteiger partial charge in [0, 0.05) is 0 Å². The van der Waals surface area contributed by atoms with Gasteiger partial charge in [0.1, 0.15) is 12.2 Å². The SMILES string of the molecule is CCOC(=O)Cc1nc(OCC)cc(OCC)n1. The van der Waals surface area contributed by atoms with E-state index in [4.69, 9.17) is 14.2 Å². The van der Waals surface area contributed by atoms with Crippen LogP contribution in [-0.4, -0.2) is 35.8 Å². The number of aromatic nitrogens is 2. The molecule has 0 amide bonds. The number of carbonyl (C=O) groups is 1. The van der Waals surface area contributed by atoms with Crippen molar-refractivity contribution < 1.29 is 19.0 Å². The second-order valence-electron chi connectivity index (χ2n) is 3.31. The van der Waals surface area contributed by atoms with Gasteiger partial charge in [-0.15, -0.1) is 0 Å². The van der Waals surface area contributed by atoms with Gasteiger partial charge in [-0.2, -0.15) is 9.97 Å². The monoisotopic (exact) mass is 254 g/mol. The van der Waals surface area contributed by atoms with Crippen LogP contribution >= 0.6 is 0 Å². The first-order valence-corrected chi connectivity index (χ1v) is 5.98. The quantitative estimate of drug-likeness (QED) is 0.685. The van der Waals surface area contributed by atoms with Crippen molar-refractivity contribution in [3.8, 4) is 11.8 Å². The van der Waals surface area contributed by atoms with Crippen LogP contribution in [0.4, 0.5) is 0 Å². The summed E-state index contributed by atoms with van der Waals surface area (Å²) in [4.78, 5) is 19.6. The topological polar surface area (TPSA) is 70.5 Å². The van der Waals surface area contributed by atoms with Crippen LogP contribution in [0, 0.1) is 0 Å². The van der Waals surface area contributed by atoms with E-state index in [2.05, 4.69) is 9.97 Å². The van der Waals surface area contributed by atoms with Gasteiger partial charge in [0.25, 0.3) is 0 Å². The Morgan fingerprint density at radius 3 is 2.06 bits per heavy atom. The highest BCUT2D eigenvalue weighted by Crippen LogP contribution is 2.16. The van der Waals surface area contributed by atoms with Gasteiger partial charge < -0.3 is 14.2 Å². The lowest BCUT2D eigenvalue weighted by atomic mass is 10.4. The van der Waals surface area contributed by atoms with E-state index in [9.17, 15) is 4.79 Å². The summed E-state index contributed by atoms with van der Waals surface area (Å²) in [6, 6.07) is 1.60. The van der Waals surface area contributed by atoms with Crippen molar-refractivity contribution in [1.29, 1.82) is 0 Å². The number of rotatable bonds is 7. The van der Waals surface area contributed by atoms with Crippen molar-refractivity contribution >= 4 is 5.97 Å². The van der Waals surface area contributed by atoms with Crippen molar-refractivity contribution in [1.82, 2.24) is 9.97 Å². The molecule has 0 aliphatic rings. The highest BCUT2D eigenvalue weighted by molar-refractivity contribution is 5.71. The molecule has 6 nitrogen and oxygen atoms in total. The molecule has 0 N–H and O–H groups in total. The predicted octanol–water partition coefficient (Wildman–Crippen LogP) is 1.38. The molecule has 100 valence electrons. The lowest BCUT2D eigenvalue weighted by Crippen LogP contribution is -2.11. The summed E-state index contributed by atoms with van der Waals surface area (Å²) >= 11 is 0. The van der Waals surface area contributed by atoms with Gasteiger partial charge in [-0.3, -0.25) is 4.79 Å². The number of hydrogen-bond acceptors (Lipinski definition) is 6. The molecule has 0 spiro atoms. The molecule has 0 bridgehead atoms.